The second-order valence-corrected chi connectivity index (χ2v) is 8.21. The number of nitrogens with one attached hydrogen (secondary N) is 1. The molecule has 1 N–H and O–H groups in total. The molecule has 5 nitrogen and oxygen atoms in total. The van der Waals surface area contributed by atoms with Crippen molar-refractivity contribution in [3.63, 3.8) is 0 Å². The number of anilines is 1. The maximum absolute atomic E-state index is 13.6. The molecule has 0 saturated heterocycles. The van der Waals surface area contributed by atoms with E-state index in [2.05, 4.69) is 48.4 Å². The zero-order chi connectivity index (χ0) is 23.5. The fourth-order valence-electron chi connectivity index (χ4n) is 4.18. The Hall–Kier alpha value is -4.06. The molecule has 2 aromatic carbocycles. The molecule has 0 spiro atoms. The van der Waals surface area contributed by atoms with Crippen LogP contribution in [0.15, 0.2) is 85.2 Å². The molecule has 3 heterocycles. The molecule has 0 aliphatic rings. The standard InChI is InChI=1S/C28H26FN5/c1-3-19-15-17-34-25(18-19)33-26(21-10-12-22(29)13-11-21)27(34)24-14-16-30-28(32-24)31-23(4-2)20-8-6-5-7-9-20/h5-18,23H,3-4H2,1-2H3,(H,30,31,32). The van der Waals surface area contributed by atoms with Crippen LogP contribution >= 0.6 is 0 Å². The average Bonchev–Trinajstić information content (AvgIpc) is 3.27. The van der Waals surface area contributed by atoms with Crippen molar-refractivity contribution < 1.29 is 4.39 Å². The van der Waals surface area contributed by atoms with Crippen LogP contribution in [0.4, 0.5) is 10.3 Å². The number of aryl methyl sites for hydroxylation is 1. The summed E-state index contributed by atoms with van der Waals surface area (Å²) in [6.07, 6.45) is 5.60. The Balaban J connectivity index is 1.61. The molecule has 0 bridgehead atoms. The lowest BCUT2D eigenvalue weighted by Crippen LogP contribution is -2.12. The second-order valence-electron chi connectivity index (χ2n) is 8.21. The van der Waals surface area contributed by atoms with Gasteiger partial charge in [-0.3, -0.25) is 4.40 Å². The Labute approximate surface area is 198 Å². The van der Waals surface area contributed by atoms with E-state index < -0.39 is 0 Å². The summed E-state index contributed by atoms with van der Waals surface area (Å²) < 4.78 is 15.7. The Morgan fingerprint density at radius 3 is 2.47 bits per heavy atom. The van der Waals surface area contributed by atoms with Gasteiger partial charge in [-0.2, -0.15) is 0 Å². The second kappa shape index (κ2) is 9.43. The summed E-state index contributed by atoms with van der Waals surface area (Å²) in [5.41, 5.74) is 6.41. The van der Waals surface area contributed by atoms with Gasteiger partial charge >= 0.3 is 0 Å². The zero-order valence-electron chi connectivity index (χ0n) is 19.2. The predicted octanol–water partition coefficient (Wildman–Crippen LogP) is 6.72. The van der Waals surface area contributed by atoms with Gasteiger partial charge in [0.05, 0.1) is 23.1 Å². The highest BCUT2D eigenvalue weighted by atomic mass is 19.1. The molecule has 0 amide bonds. The van der Waals surface area contributed by atoms with Gasteiger partial charge in [-0.25, -0.2) is 19.3 Å². The third kappa shape index (κ3) is 4.27. The van der Waals surface area contributed by atoms with Crippen LogP contribution in [0, 0.1) is 5.82 Å². The molecule has 34 heavy (non-hydrogen) atoms. The van der Waals surface area contributed by atoms with E-state index in [1.807, 2.05) is 34.9 Å². The maximum Gasteiger partial charge on any atom is 0.223 e. The first-order valence-electron chi connectivity index (χ1n) is 11.6. The molecular formula is C28H26FN5. The summed E-state index contributed by atoms with van der Waals surface area (Å²) in [6.45, 7) is 4.26. The van der Waals surface area contributed by atoms with Crippen molar-refractivity contribution in [2.75, 3.05) is 5.32 Å². The summed E-state index contributed by atoms with van der Waals surface area (Å²) in [5.74, 6) is 0.278. The van der Waals surface area contributed by atoms with Crippen LogP contribution in [-0.4, -0.2) is 19.4 Å². The van der Waals surface area contributed by atoms with Gasteiger partial charge in [-0.05, 0) is 66.4 Å². The molecule has 5 aromatic rings. The van der Waals surface area contributed by atoms with Crippen molar-refractivity contribution in [2.24, 2.45) is 0 Å². The lowest BCUT2D eigenvalue weighted by Gasteiger charge is -2.17. The maximum atomic E-state index is 13.6. The van der Waals surface area contributed by atoms with Crippen LogP contribution in [0.5, 0.6) is 0 Å². The van der Waals surface area contributed by atoms with E-state index in [1.165, 1.54) is 23.3 Å². The largest absolute Gasteiger partial charge is 0.347 e. The van der Waals surface area contributed by atoms with E-state index in [1.54, 1.807) is 18.3 Å². The number of aromatic nitrogens is 4. The summed E-state index contributed by atoms with van der Waals surface area (Å²) in [6, 6.07) is 22.9. The van der Waals surface area contributed by atoms with Crippen molar-refractivity contribution in [2.45, 2.75) is 32.7 Å². The number of fused-ring (bicyclic) bond motifs is 1. The van der Waals surface area contributed by atoms with Crippen LogP contribution in [0.25, 0.3) is 28.3 Å². The summed E-state index contributed by atoms with van der Waals surface area (Å²) in [4.78, 5) is 14.3. The van der Waals surface area contributed by atoms with Crippen LogP contribution in [-0.2, 0) is 6.42 Å². The van der Waals surface area contributed by atoms with Gasteiger partial charge in [0.1, 0.15) is 11.5 Å². The Morgan fingerprint density at radius 2 is 1.74 bits per heavy atom. The van der Waals surface area contributed by atoms with Crippen molar-refractivity contribution >= 4 is 11.6 Å². The molecule has 3 aromatic heterocycles. The summed E-state index contributed by atoms with van der Waals surface area (Å²) >= 11 is 0. The van der Waals surface area contributed by atoms with Gasteiger partial charge in [-0.1, -0.05) is 44.2 Å². The highest BCUT2D eigenvalue weighted by Crippen LogP contribution is 2.33. The molecule has 0 aliphatic carbocycles. The first kappa shape index (κ1) is 21.8. The first-order valence-corrected chi connectivity index (χ1v) is 11.6. The number of halogens is 1. The summed E-state index contributed by atoms with van der Waals surface area (Å²) in [7, 11) is 0. The third-order valence-corrected chi connectivity index (χ3v) is 6.03. The van der Waals surface area contributed by atoms with E-state index in [4.69, 9.17) is 9.97 Å². The fourth-order valence-corrected chi connectivity index (χ4v) is 4.18. The van der Waals surface area contributed by atoms with Crippen LogP contribution in [0.1, 0.15) is 37.4 Å². The minimum absolute atomic E-state index is 0.0994. The molecule has 5 rings (SSSR count). The van der Waals surface area contributed by atoms with E-state index in [0.717, 1.165) is 41.1 Å². The third-order valence-electron chi connectivity index (χ3n) is 6.03. The number of hydrogen-bond acceptors (Lipinski definition) is 4. The molecule has 1 unspecified atom stereocenters. The SMILES string of the molecule is CCc1ccn2c(-c3ccnc(NC(CC)c4ccccc4)n3)c(-c3ccc(F)cc3)nc2c1. The molecular weight excluding hydrogens is 425 g/mol. The molecule has 6 heteroatoms. The quantitative estimate of drug-likeness (QED) is 0.298. The van der Waals surface area contributed by atoms with Gasteiger partial charge in [0.25, 0.3) is 0 Å². The van der Waals surface area contributed by atoms with Gasteiger partial charge in [0.15, 0.2) is 0 Å². The number of imidazole rings is 1. The number of pyridine rings is 1. The summed E-state index contributed by atoms with van der Waals surface area (Å²) in [5, 5.41) is 3.48. The highest BCUT2D eigenvalue weighted by molar-refractivity contribution is 5.80. The van der Waals surface area contributed by atoms with Gasteiger partial charge in [-0.15, -0.1) is 0 Å². The Morgan fingerprint density at radius 1 is 0.941 bits per heavy atom. The smallest absolute Gasteiger partial charge is 0.223 e. The van der Waals surface area contributed by atoms with Crippen molar-refractivity contribution in [3.05, 3.63) is 102 Å². The number of benzene rings is 2. The van der Waals surface area contributed by atoms with E-state index in [-0.39, 0.29) is 11.9 Å². The predicted molar refractivity (Wildman–Crippen MR) is 134 cm³/mol. The minimum atomic E-state index is -0.276. The van der Waals surface area contributed by atoms with Crippen molar-refractivity contribution in [1.82, 2.24) is 19.4 Å². The van der Waals surface area contributed by atoms with Crippen molar-refractivity contribution in [3.8, 4) is 22.6 Å². The number of nitrogens with zero attached hydrogens (tertiary/aromatic N) is 4. The Bertz CT molecular complexity index is 1410. The van der Waals surface area contributed by atoms with E-state index in [9.17, 15) is 4.39 Å². The van der Waals surface area contributed by atoms with Crippen LogP contribution < -0.4 is 5.32 Å². The van der Waals surface area contributed by atoms with Gasteiger partial charge in [0, 0.05) is 18.0 Å². The fraction of sp³-hybridized carbons (Fsp3) is 0.179. The zero-order valence-corrected chi connectivity index (χ0v) is 19.2. The lowest BCUT2D eigenvalue weighted by molar-refractivity contribution is 0.628. The molecule has 0 fully saturated rings. The normalized spacial score (nSPS) is 12.1. The van der Waals surface area contributed by atoms with Gasteiger partial charge < -0.3 is 5.32 Å². The topological polar surface area (TPSA) is 55.1 Å². The molecule has 0 aliphatic heterocycles. The monoisotopic (exact) mass is 451 g/mol. The minimum Gasteiger partial charge on any atom is -0.347 e. The van der Waals surface area contributed by atoms with Crippen molar-refractivity contribution in [1.29, 1.82) is 0 Å². The van der Waals surface area contributed by atoms with Crippen LogP contribution in [0.2, 0.25) is 0 Å². The first-order chi connectivity index (χ1) is 16.7. The molecule has 170 valence electrons. The van der Waals surface area contributed by atoms with Gasteiger partial charge in [0.2, 0.25) is 5.95 Å². The number of hydrogen-bond donors (Lipinski definition) is 1. The van der Waals surface area contributed by atoms with E-state index >= 15 is 0 Å². The molecule has 0 radical (unpaired) electrons. The Kier molecular flexibility index (Phi) is 6.04. The highest BCUT2D eigenvalue weighted by Gasteiger charge is 2.19. The molecule has 0 saturated carbocycles. The average molecular weight is 452 g/mol. The van der Waals surface area contributed by atoms with Crippen LogP contribution in [0.3, 0.4) is 0 Å². The lowest BCUT2D eigenvalue weighted by atomic mass is 10.1. The molecule has 1 atom stereocenters. The number of rotatable bonds is 7. The van der Waals surface area contributed by atoms with E-state index in [0.29, 0.717) is 5.95 Å².